The third-order valence-corrected chi connectivity index (χ3v) is 5.88. The van der Waals surface area contributed by atoms with Gasteiger partial charge in [-0.1, -0.05) is 74.0 Å². The van der Waals surface area contributed by atoms with Gasteiger partial charge >= 0.3 is 0 Å². The number of ether oxygens (including phenoxy) is 2. The Bertz CT molecular complexity index is 825. The minimum absolute atomic E-state index is 0.0588. The summed E-state index contributed by atoms with van der Waals surface area (Å²) < 4.78 is 12.9. The molecule has 1 saturated heterocycles. The molecule has 0 unspecified atom stereocenters. The van der Waals surface area contributed by atoms with Gasteiger partial charge in [-0.05, 0) is 50.8 Å². The van der Waals surface area contributed by atoms with Gasteiger partial charge in [0.25, 0.3) is 0 Å². The number of carbonyl (C=O) groups is 1. The molecule has 174 valence electrons. The minimum atomic E-state index is -0.718. The summed E-state index contributed by atoms with van der Waals surface area (Å²) >= 11 is 0. The van der Waals surface area contributed by atoms with Crippen molar-refractivity contribution in [1.29, 1.82) is 0 Å². The summed E-state index contributed by atoms with van der Waals surface area (Å²) in [6, 6.07) is 20.6. The summed E-state index contributed by atoms with van der Waals surface area (Å²) in [7, 11) is 0. The van der Waals surface area contributed by atoms with E-state index in [1.807, 2.05) is 38.1 Å². The van der Waals surface area contributed by atoms with Crippen LogP contribution < -0.4 is 10.6 Å². The number of nitrogens with one attached hydrogen (secondary N) is 2. The standard InChI is InChI=1S/C27H38N2O3/c1-5-6-17-28-23(18-21-13-9-7-10-14-21)25-26(32-27(3,4)31-25)24(29-20(2)30)19-22-15-11-8-12-16-22/h7-16,23-26,28H,5-6,17-19H2,1-4H3,(H,29,30)/t23-,24-,25+,26+/m1/s1. The molecule has 1 aliphatic rings. The molecule has 5 heteroatoms. The highest BCUT2D eigenvalue weighted by Crippen LogP contribution is 2.33. The predicted octanol–water partition coefficient (Wildman–Crippen LogP) is 4.25. The SMILES string of the molecule is CCCCN[C@H](Cc1ccccc1)[C@@H]1OC(C)(C)O[C@H]1[C@@H](Cc1ccccc1)NC(C)=O. The third kappa shape index (κ3) is 7.16. The van der Waals surface area contributed by atoms with E-state index in [1.165, 1.54) is 5.56 Å². The van der Waals surface area contributed by atoms with Crippen molar-refractivity contribution in [2.24, 2.45) is 0 Å². The van der Waals surface area contributed by atoms with E-state index in [0.29, 0.717) is 6.42 Å². The molecule has 32 heavy (non-hydrogen) atoms. The third-order valence-electron chi connectivity index (χ3n) is 5.88. The Labute approximate surface area is 192 Å². The number of hydrogen-bond acceptors (Lipinski definition) is 4. The van der Waals surface area contributed by atoms with Crippen LogP contribution in [0.4, 0.5) is 0 Å². The Kier molecular flexibility index (Phi) is 8.85. The molecule has 5 nitrogen and oxygen atoms in total. The molecular formula is C27H38N2O3. The predicted molar refractivity (Wildman–Crippen MR) is 128 cm³/mol. The molecule has 0 aliphatic carbocycles. The van der Waals surface area contributed by atoms with E-state index in [1.54, 1.807) is 6.92 Å². The number of rotatable bonds is 11. The van der Waals surface area contributed by atoms with Crippen LogP contribution in [-0.4, -0.2) is 42.5 Å². The topological polar surface area (TPSA) is 59.6 Å². The molecule has 4 atom stereocenters. The van der Waals surface area contributed by atoms with E-state index in [2.05, 4.69) is 54.0 Å². The Hall–Kier alpha value is -2.21. The molecule has 1 aliphatic heterocycles. The highest BCUT2D eigenvalue weighted by molar-refractivity contribution is 5.73. The van der Waals surface area contributed by atoms with Crippen LogP contribution in [0.1, 0.15) is 51.7 Å². The Morgan fingerprint density at radius 2 is 1.41 bits per heavy atom. The highest BCUT2D eigenvalue weighted by Gasteiger charge is 2.48. The lowest BCUT2D eigenvalue weighted by molar-refractivity contribution is -0.151. The second kappa shape index (κ2) is 11.6. The number of carbonyl (C=O) groups excluding carboxylic acids is 1. The number of unbranched alkanes of at least 4 members (excludes halogenated alkanes) is 1. The monoisotopic (exact) mass is 438 g/mol. The zero-order valence-corrected chi connectivity index (χ0v) is 19.8. The molecule has 3 rings (SSSR count). The van der Waals surface area contributed by atoms with Crippen LogP contribution in [0.2, 0.25) is 0 Å². The zero-order valence-electron chi connectivity index (χ0n) is 19.8. The number of amides is 1. The van der Waals surface area contributed by atoms with Crippen LogP contribution in [-0.2, 0) is 27.1 Å². The molecular weight excluding hydrogens is 400 g/mol. The summed E-state index contributed by atoms with van der Waals surface area (Å²) in [6.45, 7) is 8.60. The fraction of sp³-hybridized carbons (Fsp3) is 0.519. The van der Waals surface area contributed by atoms with E-state index in [9.17, 15) is 4.79 Å². The fourth-order valence-electron chi connectivity index (χ4n) is 4.45. The first-order valence-corrected chi connectivity index (χ1v) is 11.8. The van der Waals surface area contributed by atoms with Crippen LogP contribution in [0, 0.1) is 0 Å². The summed E-state index contributed by atoms with van der Waals surface area (Å²) in [5, 5.41) is 6.89. The zero-order chi connectivity index (χ0) is 23.0. The van der Waals surface area contributed by atoms with Crippen molar-refractivity contribution in [3.05, 3.63) is 71.8 Å². The molecule has 0 spiro atoms. The van der Waals surface area contributed by atoms with Crippen LogP contribution in [0.25, 0.3) is 0 Å². The second-order valence-corrected chi connectivity index (χ2v) is 9.17. The normalized spacial score (nSPS) is 21.8. The van der Waals surface area contributed by atoms with Gasteiger partial charge in [0.2, 0.25) is 5.91 Å². The van der Waals surface area contributed by atoms with Crippen molar-refractivity contribution in [3.63, 3.8) is 0 Å². The first kappa shape index (κ1) is 24.4. The van der Waals surface area contributed by atoms with Crippen LogP contribution in [0.3, 0.4) is 0 Å². The van der Waals surface area contributed by atoms with Crippen molar-refractivity contribution < 1.29 is 14.3 Å². The Morgan fingerprint density at radius 1 is 0.906 bits per heavy atom. The maximum atomic E-state index is 12.1. The van der Waals surface area contributed by atoms with Crippen molar-refractivity contribution in [1.82, 2.24) is 10.6 Å². The lowest BCUT2D eigenvalue weighted by atomic mass is 9.91. The molecule has 0 bridgehead atoms. The van der Waals surface area contributed by atoms with Gasteiger partial charge in [-0.15, -0.1) is 0 Å². The van der Waals surface area contributed by atoms with E-state index in [4.69, 9.17) is 9.47 Å². The van der Waals surface area contributed by atoms with E-state index < -0.39 is 5.79 Å². The Balaban J connectivity index is 1.87. The van der Waals surface area contributed by atoms with Crippen molar-refractivity contribution in [2.45, 2.75) is 83.5 Å². The quantitative estimate of drug-likeness (QED) is 0.515. The minimum Gasteiger partial charge on any atom is -0.351 e. The van der Waals surface area contributed by atoms with Crippen molar-refractivity contribution in [3.8, 4) is 0 Å². The average molecular weight is 439 g/mol. The second-order valence-electron chi connectivity index (χ2n) is 9.17. The lowest BCUT2D eigenvalue weighted by Crippen LogP contribution is -2.55. The molecule has 0 radical (unpaired) electrons. The van der Waals surface area contributed by atoms with E-state index >= 15 is 0 Å². The molecule has 1 amide bonds. The molecule has 2 N–H and O–H groups in total. The maximum Gasteiger partial charge on any atom is 0.217 e. The molecule has 2 aromatic rings. The number of hydrogen-bond donors (Lipinski definition) is 2. The first-order chi connectivity index (χ1) is 15.4. The van der Waals surface area contributed by atoms with Gasteiger partial charge in [0.1, 0.15) is 12.2 Å². The summed E-state index contributed by atoms with van der Waals surface area (Å²) in [5.41, 5.74) is 2.42. The van der Waals surface area contributed by atoms with Crippen molar-refractivity contribution in [2.75, 3.05) is 6.54 Å². The molecule has 1 fully saturated rings. The van der Waals surface area contributed by atoms with Gasteiger partial charge in [-0.25, -0.2) is 0 Å². The van der Waals surface area contributed by atoms with Crippen molar-refractivity contribution >= 4 is 5.91 Å². The maximum absolute atomic E-state index is 12.1. The van der Waals surface area contributed by atoms with Crippen LogP contribution in [0.5, 0.6) is 0 Å². The van der Waals surface area contributed by atoms with E-state index in [-0.39, 0.29) is 30.2 Å². The van der Waals surface area contributed by atoms with E-state index in [0.717, 1.165) is 31.4 Å². The smallest absolute Gasteiger partial charge is 0.217 e. The largest absolute Gasteiger partial charge is 0.351 e. The summed E-state index contributed by atoms with van der Waals surface area (Å²) in [6.07, 6.45) is 3.30. The van der Waals surface area contributed by atoms with Gasteiger partial charge in [-0.3, -0.25) is 4.79 Å². The van der Waals surface area contributed by atoms with Gasteiger partial charge in [0, 0.05) is 13.0 Å². The van der Waals surface area contributed by atoms with Crippen LogP contribution in [0.15, 0.2) is 60.7 Å². The molecule has 0 saturated carbocycles. The molecule has 1 heterocycles. The van der Waals surface area contributed by atoms with Crippen LogP contribution >= 0.6 is 0 Å². The molecule has 2 aromatic carbocycles. The Morgan fingerprint density at radius 3 is 1.91 bits per heavy atom. The first-order valence-electron chi connectivity index (χ1n) is 11.8. The summed E-state index contributed by atoms with van der Waals surface area (Å²) in [5.74, 6) is -0.777. The van der Waals surface area contributed by atoms with Gasteiger partial charge in [0.15, 0.2) is 5.79 Å². The summed E-state index contributed by atoms with van der Waals surface area (Å²) in [4.78, 5) is 12.1. The number of benzene rings is 2. The average Bonchev–Trinajstić information content (AvgIpc) is 3.09. The lowest BCUT2D eigenvalue weighted by Gasteiger charge is -2.32. The van der Waals surface area contributed by atoms with Gasteiger partial charge < -0.3 is 20.1 Å². The van der Waals surface area contributed by atoms with Gasteiger partial charge in [-0.2, -0.15) is 0 Å². The fourth-order valence-corrected chi connectivity index (χ4v) is 4.45. The van der Waals surface area contributed by atoms with Gasteiger partial charge in [0.05, 0.1) is 6.04 Å². The molecule has 0 aromatic heterocycles. The highest BCUT2D eigenvalue weighted by atomic mass is 16.8.